The van der Waals surface area contributed by atoms with Crippen molar-refractivity contribution in [2.24, 2.45) is 11.8 Å². The molecule has 1 saturated heterocycles. The van der Waals surface area contributed by atoms with Crippen molar-refractivity contribution >= 4 is 27.0 Å². The lowest BCUT2D eigenvalue weighted by atomic mass is 9.98. The molecule has 8 heteroatoms. The summed E-state index contributed by atoms with van der Waals surface area (Å²) >= 11 is 3.58. The van der Waals surface area contributed by atoms with Crippen LogP contribution in [0.1, 0.15) is 25.7 Å². The van der Waals surface area contributed by atoms with E-state index in [1.165, 1.54) is 12.8 Å². The molecule has 2 aromatic rings. The summed E-state index contributed by atoms with van der Waals surface area (Å²) in [6.07, 6.45) is 3.73. The fourth-order valence-electron chi connectivity index (χ4n) is 3.56. The summed E-state index contributed by atoms with van der Waals surface area (Å²) in [5.74, 6) is 1.56. The van der Waals surface area contributed by atoms with Crippen LogP contribution in [-0.2, 0) is 6.54 Å². The number of piperidine rings is 1. The van der Waals surface area contributed by atoms with Crippen LogP contribution in [0.3, 0.4) is 0 Å². The molecule has 1 aromatic heterocycles. The number of nitriles is 1. The number of β-amino-alcohol motifs (C(OH)–C–C–N with tert-alkyl or cyclic N) is 1. The zero-order chi connectivity index (χ0) is 18.8. The second kappa shape index (κ2) is 8.13. The smallest absolute Gasteiger partial charge is 0.136 e. The molecule has 4 rings (SSSR count). The first-order valence-electron chi connectivity index (χ1n) is 9.58. The highest BCUT2D eigenvalue weighted by Crippen LogP contribution is 2.34. The molecule has 1 aliphatic heterocycles. The number of fused-ring (bicyclic) bond motifs is 1. The number of hydrogen-bond acceptors (Lipinski definition) is 6. The fraction of sp³-hybridized carbons (Fsp3) is 0.632. The van der Waals surface area contributed by atoms with Gasteiger partial charge in [0, 0.05) is 19.0 Å². The second-order valence-corrected chi connectivity index (χ2v) is 8.42. The molecule has 1 saturated carbocycles. The third-order valence-electron chi connectivity index (χ3n) is 5.39. The Hall–Kier alpha value is -1.69. The Balaban J connectivity index is 1.33. The predicted molar refractivity (Wildman–Crippen MR) is 104 cm³/mol. The summed E-state index contributed by atoms with van der Waals surface area (Å²) in [5, 5.41) is 27.8. The van der Waals surface area contributed by atoms with Crippen molar-refractivity contribution < 1.29 is 9.84 Å². The summed E-state index contributed by atoms with van der Waals surface area (Å²) in [7, 11) is 0. The number of benzene rings is 1. The minimum Gasteiger partial charge on any atom is -0.490 e. The molecule has 2 aliphatic rings. The predicted octanol–water partition coefficient (Wildman–Crippen LogP) is 2.58. The number of aromatic nitrogens is 3. The molecular formula is C19H24BrN5O2. The normalized spacial score (nSPS) is 19.9. The van der Waals surface area contributed by atoms with Gasteiger partial charge >= 0.3 is 0 Å². The van der Waals surface area contributed by atoms with Crippen molar-refractivity contribution in [3.05, 3.63) is 16.6 Å². The van der Waals surface area contributed by atoms with Crippen molar-refractivity contribution in [1.82, 2.24) is 19.9 Å². The van der Waals surface area contributed by atoms with Crippen molar-refractivity contribution in [1.29, 1.82) is 5.26 Å². The van der Waals surface area contributed by atoms with Gasteiger partial charge in [-0.05, 0) is 72.8 Å². The number of hydrogen-bond donors (Lipinski definition) is 1. The zero-order valence-electron chi connectivity index (χ0n) is 15.2. The topological polar surface area (TPSA) is 87.2 Å². The number of aliphatic hydroxyl groups excluding tert-OH is 1. The van der Waals surface area contributed by atoms with Crippen molar-refractivity contribution in [3.63, 3.8) is 0 Å². The summed E-state index contributed by atoms with van der Waals surface area (Å²) in [4.78, 5) is 2.20. The molecule has 0 bridgehead atoms. The van der Waals surface area contributed by atoms with Crippen LogP contribution in [0.4, 0.5) is 0 Å². The van der Waals surface area contributed by atoms with Gasteiger partial charge in [0.1, 0.15) is 24.0 Å². The molecule has 0 radical (unpaired) electrons. The van der Waals surface area contributed by atoms with E-state index in [-0.39, 0.29) is 12.5 Å². The van der Waals surface area contributed by atoms with Crippen LogP contribution >= 0.6 is 15.9 Å². The Morgan fingerprint density at radius 1 is 1.30 bits per heavy atom. The van der Waals surface area contributed by atoms with Crippen LogP contribution in [0.5, 0.6) is 5.75 Å². The van der Waals surface area contributed by atoms with Crippen LogP contribution in [0.2, 0.25) is 0 Å². The maximum atomic E-state index is 10.3. The van der Waals surface area contributed by atoms with Crippen molar-refractivity contribution in [3.8, 4) is 11.8 Å². The van der Waals surface area contributed by atoms with Gasteiger partial charge in [0.15, 0.2) is 0 Å². The quantitative estimate of drug-likeness (QED) is 0.721. The minimum absolute atomic E-state index is 0.158. The van der Waals surface area contributed by atoms with E-state index in [9.17, 15) is 5.11 Å². The molecule has 1 aliphatic carbocycles. The maximum absolute atomic E-state index is 10.3. The summed E-state index contributed by atoms with van der Waals surface area (Å²) in [6.45, 7) is 3.42. The monoisotopic (exact) mass is 433 g/mol. The molecule has 7 nitrogen and oxygen atoms in total. The largest absolute Gasteiger partial charge is 0.490 e. The van der Waals surface area contributed by atoms with Gasteiger partial charge in [-0.15, -0.1) is 5.10 Å². The van der Waals surface area contributed by atoms with E-state index in [1.807, 2.05) is 16.8 Å². The Morgan fingerprint density at radius 3 is 2.78 bits per heavy atom. The molecule has 0 amide bonds. The summed E-state index contributed by atoms with van der Waals surface area (Å²) < 4.78 is 8.58. The number of ether oxygens (including phenoxy) is 1. The Morgan fingerprint density at radius 2 is 2.07 bits per heavy atom. The molecular weight excluding hydrogens is 410 g/mol. The van der Waals surface area contributed by atoms with Gasteiger partial charge in [0.2, 0.25) is 0 Å². The Kier molecular flexibility index (Phi) is 5.62. The highest BCUT2D eigenvalue weighted by molar-refractivity contribution is 9.10. The molecule has 1 unspecified atom stereocenters. The lowest BCUT2D eigenvalue weighted by molar-refractivity contribution is 0.0581. The van der Waals surface area contributed by atoms with Gasteiger partial charge in [-0.3, -0.25) is 0 Å². The average Bonchev–Trinajstić information content (AvgIpc) is 3.40. The van der Waals surface area contributed by atoms with Gasteiger partial charge in [-0.1, -0.05) is 5.21 Å². The van der Waals surface area contributed by atoms with E-state index >= 15 is 0 Å². The van der Waals surface area contributed by atoms with E-state index in [1.54, 1.807) is 0 Å². The van der Waals surface area contributed by atoms with Gasteiger partial charge in [-0.2, -0.15) is 5.26 Å². The van der Waals surface area contributed by atoms with E-state index in [4.69, 9.17) is 10.00 Å². The summed E-state index contributed by atoms with van der Waals surface area (Å²) in [6, 6.07) is 6.22. The van der Waals surface area contributed by atoms with Crippen LogP contribution < -0.4 is 4.74 Å². The second-order valence-electron chi connectivity index (χ2n) is 7.63. The van der Waals surface area contributed by atoms with Crippen LogP contribution in [0.25, 0.3) is 11.0 Å². The first-order chi connectivity index (χ1) is 13.1. The molecule has 1 atom stereocenters. The average molecular weight is 434 g/mol. The third-order valence-corrected chi connectivity index (χ3v) is 6.15. The number of rotatable bonds is 7. The molecule has 1 N–H and O–H groups in total. The van der Waals surface area contributed by atoms with Crippen LogP contribution in [0.15, 0.2) is 16.6 Å². The van der Waals surface area contributed by atoms with Crippen molar-refractivity contribution in [2.45, 2.75) is 38.3 Å². The lowest BCUT2D eigenvalue weighted by Gasteiger charge is -2.30. The molecule has 1 aromatic carbocycles. The van der Waals surface area contributed by atoms with Gasteiger partial charge in [-0.25, -0.2) is 4.68 Å². The number of nitrogens with zero attached hydrogens (tertiary/aromatic N) is 5. The molecule has 144 valence electrons. The van der Waals surface area contributed by atoms with Gasteiger partial charge in [0.05, 0.1) is 16.1 Å². The molecule has 0 spiro atoms. The SMILES string of the molecule is N#CC1CCN(CC(O)COc2ccc3c(nnn3CC3CC3)c2Br)CC1. The van der Waals surface area contributed by atoms with E-state index in [2.05, 4.69) is 37.2 Å². The first kappa shape index (κ1) is 18.7. The van der Waals surface area contributed by atoms with Gasteiger partial charge in [0.25, 0.3) is 0 Å². The third kappa shape index (κ3) is 4.42. The molecule has 2 fully saturated rings. The number of halogens is 1. The standard InChI is InChI=1S/C19H24BrN5O2/c20-18-17(4-3-16-19(18)22-23-25(16)10-14-1-2-14)27-12-15(26)11-24-7-5-13(9-21)6-8-24/h3-4,13-15,26H,1-2,5-8,10-12H2. The van der Waals surface area contributed by atoms with E-state index in [0.717, 1.165) is 53.9 Å². The highest BCUT2D eigenvalue weighted by atomic mass is 79.9. The highest BCUT2D eigenvalue weighted by Gasteiger charge is 2.24. The van der Waals surface area contributed by atoms with E-state index < -0.39 is 6.10 Å². The fourth-order valence-corrected chi connectivity index (χ4v) is 4.09. The number of aliphatic hydroxyl groups is 1. The zero-order valence-corrected chi connectivity index (χ0v) is 16.8. The Labute approximate surface area is 167 Å². The van der Waals surface area contributed by atoms with Crippen molar-refractivity contribution in [2.75, 3.05) is 26.2 Å². The minimum atomic E-state index is -0.572. The van der Waals surface area contributed by atoms with E-state index in [0.29, 0.717) is 12.3 Å². The van der Waals surface area contributed by atoms with Gasteiger partial charge < -0.3 is 14.7 Å². The maximum Gasteiger partial charge on any atom is 0.136 e. The molecule has 27 heavy (non-hydrogen) atoms. The molecule has 2 heterocycles. The van der Waals surface area contributed by atoms with Crippen LogP contribution in [0, 0.1) is 23.2 Å². The van der Waals surface area contributed by atoms with Crippen LogP contribution in [-0.4, -0.2) is 57.3 Å². The number of likely N-dealkylation sites (tertiary alicyclic amines) is 1. The first-order valence-corrected chi connectivity index (χ1v) is 10.4. The lowest BCUT2D eigenvalue weighted by Crippen LogP contribution is -2.40. The summed E-state index contributed by atoms with van der Waals surface area (Å²) in [5.41, 5.74) is 1.79. The Bertz CT molecular complexity index is 836.